The van der Waals surface area contributed by atoms with Crippen LogP contribution in [0.25, 0.3) is 0 Å². The molecule has 0 saturated heterocycles. The Morgan fingerprint density at radius 3 is 2.75 bits per heavy atom. The molecule has 32 heavy (non-hydrogen) atoms. The third kappa shape index (κ3) is 4.67. The number of anilines is 2. The molecule has 0 unspecified atom stereocenters. The minimum absolute atomic E-state index is 0.0513. The first kappa shape index (κ1) is 21.4. The smallest absolute Gasteiger partial charge is 0.254 e. The lowest BCUT2D eigenvalue weighted by atomic mass is 9.91. The number of carbonyl (C=O) groups excluding carboxylic acids is 2. The summed E-state index contributed by atoms with van der Waals surface area (Å²) in [6.07, 6.45) is 8.64. The first-order valence-electron chi connectivity index (χ1n) is 11.9. The van der Waals surface area contributed by atoms with Crippen molar-refractivity contribution in [3.05, 3.63) is 22.3 Å². The van der Waals surface area contributed by atoms with Crippen molar-refractivity contribution >= 4 is 34.1 Å². The van der Waals surface area contributed by atoms with Gasteiger partial charge in [-0.05, 0) is 62.3 Å². The molecule has 0 radical (unpaired) electrons. The van der Waals surface area contributed by atoms with E-state index in [1.165, 1.54) is 17.7 Å². The zero-order chi connectivity index (χ0) is 22.2. The number of nitrogens with zero attached hydrogens (tertiary/aromatic N) is 3. The Morgan fingerprint density at radius 1 is 1.22 bits per heavy atom. The van der Waals surface area contributed by atoms with Crippen LogP contribution in [0.2, 0.25) is 0 Å². The number of aryl methyl sites for hydroxylation is 1. The predicted octanol–water partition coefficient (Wildman–Crippen LogP) is 3.63. The second-order valence-corrected chi connectivity index (χ2v) is 11.0. The Morgan fingerprint density at radius 2 is 2.03 bits per heavy atom. The van der Waals surface area contributed by atoms with Gasteiger partial charge in [-0.25, -0.2) is 0 Å². The zero-order valence-electron chi connectivity index (χ0n) is 18.8. The van der Waals surface area contributed by atoms with Crippen molar-refractivity contribution in [3.8, 4) is 0 Å². The van der Waals surface area contributed by atoms with Crippen molar-refractivity contribution in [1.29, 1.82) is 0 Å². The van der Waals surface area contributed by atoms with Crippen molar-refractivity contribution < 1.29 is 9.59 Å². The number of carbonyl (C=O) groups is 2. The Hall–Kier alpha value is -2.42. The molecule has 172 valence electrons. The largest absolute Gasteiger partial charge is 0.354 e. The average Bonchev–Trinajstić information content (AvgIpc) is 3.69. The number of hydrogen-bond acceptors (Lipinski definition) is 6. The first-order chi connectivity index (χ1) is 15.5. The van der Waals surface area contributed by atoms with Crippen LogP contribution < -0.4 is 16.0 Å². The summed E-state index contributed by atoms with van der Waals surface area (Å²) in [6, 6.07) is 0.184. The maximum atomic E-state index is 13.2. The van der Waals surface area contributed by atoms with Crippen LogP contribution in [0, 0.1) is 17.8 Å². The molecule has 9 heteroatoms. The molecule has 0 bridgehead atoms. The topological polar surface area (TPSA) is 101 Å². The number of fused-ring (bicyclic) bond motifs is 1. The van der Waals surface area contributed by atoms with Gasteiger partial charge < -0.3 is 16.0 Å². The molecule has 2 amide bonds. The summed E-state index contributed by atoms with van der Waals surface area (Å²) in [4.78, 5) is 26.9. The minimum atomic E-state index is -0.0527. The van der Waals surface area contributed by atoms with Gasteiger partial charge in [-0.2, -0.15) is 0 Å². The van der Waals surface area contributed by atoms with E-state index in [0.717, 1.165) is 61.7 Å². The zero-order valence-corrected chi connectivity index (χ0v) is 19.6. The Bertz CT molecular complexity index is 1000. The summed E-state index contributed by atoms with van der Waals surface area (Å²) in [5.74, 6) is 2.00. The van der Waals surface area contributed by atoms with E-state index in [4.69, 9.17) is 0 Å². The number of aromatic nitrogens is 3. The average molecular weight is 457 g/mol. The molecule has 5 rings (SSSR count). The SMILES string of the molecule is CC(C)CNc1nncn1[C@H]1CCc2sc(NC(=O)C3CC3)c(C(=O)NCC3CC3)c2C1. The van der Waals surface area contributed by atoms with E-state index in [1.54, 1.807) is 17.7 Å². The fourth-order valence-electron chi connectivity index (χ4n) is 4.27. The van der Waals surface area contributed by atoms with Crippen LogP contribution in [0.3, 0.4) is 0 Å². The summed E-state index contributed by atoms with van der Waals surface area (Å²) in [7, 11) is 0. The molecule has 8 nitrogen and oxygen atoms in total. The van der Waals surface area contributed by atoms with Gasteiger partial charge in [-0.15, -0.1) is 21.5 Å². The predicted molar refractivity (Wildman–Crippen MR) is 125 cm³/mol. The van der Waals surface area contributed by atoms with Gasteiger partial charge in [0.05, 0.1) is 5.56 Å². The molecule has 1 atom stereocenters. The van der Waals surface area contributed by atoms with Crippen LogP contribution in [-0.4, -0.2) is 39.7 Å². The van der Waals surface area contributed by atoms with Gasteiger partial charge in [-0.3, -0.25) is 14.2 Å². The normalized spacial score (nSPS) is 20.2. The van der Waals surface area contributed by atoms with Crippen LogP contribution in [-0.2, 0) is 17.6 Å². The second-order valence-electron chi connectivity index (χ2n) is 9.86. The third-order valence-corrected chi connectivity index (χ3v) is 7.74. The highest BCUT2D eigenvalue weighted by Gasteiger charge is 2.35. The lowest BCUT2D eigenvalue weighted by Gasteiger charge is -2.25. The molecule has 0 spiro atoms. The molecule has 3 aliphatic carbocycles. The van der Waals surface area contributed by atoms with Crippen molar-refractivity contribution in [2.75, 3.05) is 23.7 Å². The molecular formula is C23H32N6O2S. The van der Waals surface area contributed by atoms with Crippen LogP contribution in [0.4, 0.5) is 10.9 Å². The number of amides is 2. The summed E-state index contributed by atoms with van der Waals surface area (Å²) in [5, 5.41) is 18.7. The fourth-order valence-corrected chi connectivity index (χ4v) is 5.51. The summed E-state index contributed by atoms with van der Waals surface area (Å²) in [5.41, 5.74) is 1.75. The van der Waals surface area contributed by atoms with Crippen LogP contribution in [0.15, 0.2) is 6.33 Å². The summed E-state index contributed by atoms with van der Waals surface area (Å²) >= 11 is 1.58. The van der Waals surface area contributed by atoms with E-state index < -0.39 is 0 Å². The molecule has 2 aromatic rings. The molecular weight excluding hydrogens is 424 g/mol. The lowest BCUT2D eigenvalue weighted by Crippen LogP contribution is -2.29. The standard InChI is InChI=1S/C23H32N6O2S/c1-13(2)10-25-23-28-26-12-29(23)16-7-8-18-17(9-16)19(21(31)24-11-14-3-4-14)22(32-18)27-20(30)15-5-6-15/h12-16H,3-11H2,1-2H3,(H,24,31)(H,25,28)(H,27,30)/t16-/m0/s1. The number of thiophene rings is 1. The van der Waals surface area contributed by atoms with E-state index in [2.05, 4.69) is 44.6 Å². The van der Waals surface area contributed by atoms with Crippen molar-refractivity contribution in [2.24, 2.45) is 17.8 Å². The summed E-state index contributed by atoms with van der Waals surface area (Å²) in [6.45, 7) is 5.88. The van der Waals surface area contributed by atoms with Crippen LogP contribution >= 0.6 is 11.3 Å². The Balaban J connectivity index is 1.39. The van der Waals surface area contributed by atoms with Gasteiger partial charge >= 0.3 is 0 Å². The van der Waals surface area contributed by atoms with Gasteiger partial charge in [0.25, 0.3) is 5.91 Å². The molecule has 2 heterocycles. The molecule has 2 fully saturated rings. The number of hydrogen-bond donors (Lipinski definition) is 3. The van der Waals surface area contributed by atoms with Gasteiger partial charge in [0, 0.05) is 29.9 Å². The van der Waals surface area contributed by atoms with Crippen LogP contribution in [0.5, 0.6) is 0 Å². The maximum Gasteiger partial charge on any atom is 0.254 e. The van der Waals surface area contributed by atoms with E-state index in [1.807, 2.05) is 0 Å². The van der Waals surface area contributed by atoms with Gasteiger partial charge in [0.15, 0.2) is 0 Å². The molecule has 0 aliphatic heterocycles. The van der Waals surface area contributed by atoms with E-state index >= 15 is 0 Å². The van der Waals surface area contributed by atoms with E-state index in [9.17, 15) is 9.59 Å². The van der Waals surface area contributed by atoms with E-state index in [0.29, 0.717) is 17.4 Å². The quantitative estimate of drug-likeness (QED) is 0.535. The van der Waals surface area contributed by atoms with Gasteiger partial charge in [0.1, 0.15) is 11.3 Å². The molecule has 0 aromatic carbocycles. The maximum absolute atomic E-state index is 13.2. The van der Waals surface area contributed by atoms with Gasteiger partial charge in [-0.1, -0.05) is 13.8 Å². The number of nitrogens with one attached hydrogen (secondary N) is 3. The lowest BCUT2D eigenvalue weighted by molar-refractivity contribution is -0.117. The van der Waals surface area contributed by atoms with Crippen molar-refractivity contribution in [2.45, 2.75) is 64.8 Å². The highest BCUT2D eigenvalue weighted by Crippen LogP contribution is 2.42. The molecule has 3 aliphatic rings. The molecule has 2 saturated carbocycles. The van der Waals surface area contributed by atoms with Gasteiger partial charge in [0.2, 0.25) is 11.9 Å². The van der Waals surface area contributed by atoms with Crippen LogP contribution in [0.1, 0.15) is 72.8 Å². The minimum Gasteiger partial charge on any atom is -0.354 e. The monoisotopic (exact) mass is 456 g/mol. The summed E-state index contributed by atoms with van der Waals surface area (Å²) < 4.78 is 2.11. The molecule has 3 N–H and O–H groups in total. The third-order valence-electron chi connectivity index (χ3n) is 6.53. The number of rotatable bonds is 9. The van der Waals surface area contributed by atoms with E-state index in [-0.39, 0.29) is 23.8 Å². The molecule has 2 aromatic heterocycles. The highest BCUT2D eigenvalue weighted by atomic mass is 32.1. The van der Waals surface area contributed by atoms with Crippen molar-refractivity contribution in [1.82, 2.24) is 20.1 Å². The first-order valence-corrected chi connectivity index (χ1v) is 12.7. The Labute approximate surface area is 192 Å². The highest BCUT2D eigenvalue weighted by molar-refractivity contribution is 7.17. The second kappa shape index (κ2) is 8.84. The van der Waals surface area contributed by atoms with Crippen molar-refractivity contribution in [3.63, 3.8) is 0 Å². The fraction of sp³-hybridized carbons (Fsp3) is 0.652. The Kier molecular flexibility index (Phi) is 5.92.